The number of ether oxygens (including phenoxy) is 1. The van der Waals surface area contributed by atoms with E-state index >= 15 is 0 Å². The maximum absolute atomic E-state index is 12.2. The zero-order valence-electron chi connectivity index (χ0n) is 16.0. The van der Waals surface area contributed by atoms with Crippen LogP contribution in [0.15, 0.2) is 77.9 Å². The van der Waals surface area contributed by atoms with Crippen LogP contribution in [0.3, 0.4) is 0 Å². The molecule has 10 heteroatoms. The van der Waals surface area contributed by atoms with E-state index in [1.807, 2.05) is 0 Å². The first kappa shape index (κ1) is 21.1. The Bertz CT molecular complexity index is 1140. The summed E-state index contributed by atoms with van der Waals surface area (Å²) in [6, 6.07) is 18.5. The quantitative estimate of drug-likeness (QED) is 0.334. The Morgan fingerprint density at radius 3 is 2.42 bits per heavy atom. The van der Waals surface area contributed by atoms with Crippen LogP contribution in [-0.2, 0) is 6.61 Å². The molecule has 0 heterocycles. The van der Waals surface area contributed by atoms with Gasteiger partial charge >= 0.3 is 0 Å². The van der Waals surface area contributed by atoms with Crippen molar-refractivity contribution in [3.05, 3.63) is 110 Å². The third kappa shape index (κ3) is 5.70. The summed E-state index contributed by atoms with van der Waals surface area (Å²) in [5, 5.41) is 25.5. The van der Waals surface area contributed by atoms with Crippen LogP contribution in [0.4, 0.5) is 11.4 Å². The van der Waals surface area contributed by atoms with Crippen molar-refractivity contribution in [2.45, 2.75) is 6.61 Å². The molecule has 0 saturated heterocycles. The SMILES string of the molecule is O=C(N/N=C\c1cccc(OCc2ccc([N+](=O)[O-])cc2)c1)c1ccccc1[N+](=O)[O-]. The van der Waals surface area contributed by atoms with E-state index in [1.165, 1.54) is 42.6 Å². The van der Waals surface area contributed by atoms with Gasteiger partial charge in [-0.3, -0.25) is 25.0 Å². The average molecular weight is 420 g/mol. The molecule has 3 rings (SSSR count). The predicted octanol–water partition coefficient (Wildman–Crippen LogP) is 3.85. The Labute approximate surface area is 176 Å². The third-order valence-corrected chi connectivity index (χ3v) is 4.14. The lowest BCUT2D eigenvalue weighted by Gasteiger charge is -2.07. The smallest absolute Gasteiger partial charge is 0.282 e. The highest BCUT2D eigenvalue weighted by Crippen LogP contribution is 2.18. The number of amides is 1. The second kappa shape index (κ2) is 9.74. The van der Waals surface area contributed by atoms with Crippen LogP contribution in [0.5, 0.6) is 5.75 Å². The summed E-state index contributed by atoms with van der Waals surface area (Å²) in [5.41, 5.74) is 3.26. The summed E-state index contributed by atoms with van der Waals surface area (Å²) in [4.78, 5) is 32.8. The maximum atomic E-state index is 12.2. The molecule has 0 aliphatic carbocycles. The number of carbonyl (C=O) groups excluding carboxylic acids is 1. The minimum Gasteiger partial charge on any atom is -0.489 e. The summed E-state index contributed by atoms with van der Waals surface area (Å²) in [7, 11) is 0. The lowest BCUT2D eigenvalue weighted by atomic mass is 10.2. The van der Waals surface area contributed by atoms with E-state index in [0.29, 0.717) is 11.3 Å². The first-order valence-corrected chi connectivity index (χ1v) is 8.97. The Balaban J connectivity index is 1.60. The van der Waals surface area contributed by atoms with E-state index in [1.54, 1.807) is 36.4 Å². The van der Waals surface area contributed by atoms with Crippen LogP contribution in [-0.4, -0.2) is 22.0 Å². The minimum absolute atomic E-state index is 0.00448. The van der Waals surface area contributed by atoms with Gasteiger partial charge in [0.25, 0.3) is 17.3 Å². The van der Waals surface area contributed by atoms with Crippen molar-refractivity contribution in [3.8, 4) is 5.75 Å². The number of rotatable bonds is 8. The topological polar surface area (TPSA) is 137 Å². The Morgan fingerprint density at radius 1 is 0.968 bits per heavy atom. The van der Waals surface area contributed by atoms with Crippen LogP contribution in [0.2, 0.25) is 0 Å². The molecule has 1 amide bonds. The summed E-state index contributed by atoms with van der Waals surface area (Å²) >= 11 is 0. The first-order chi connectivity index (χ1) is 14.9. The summed E-state index contributed by atoms with van der Waals surface area (Å²) < 4.78 is 5.68. The molecule has 1 N–H and O–H groups in total. The zero-order chi connectivity index (χ0) is 22.2. The number of carbonyl (C=O) groups is 1. The molecule has 31 heavy (non-hydrogen) atoms. The molecular formula is C21H16N4O6. The molecule has 0 atom stereocenters. The van der Waals surface area contributed by atoms with Gasteiger partial charge in [-0.05, 0) is 41.5 Å². The molecule has 0 aliphatic heterocycles. The Hall–Kier alpha value is -4.60. The molecular weight excluding hydrogens is 404 g/mol. The molecule has 156 valence electrons. The Morgan fingerprint density at radius 2 is 1.71 bits per heavy atom. The number of non-ortho nitro benzene ring substituents is 1. The second-order valence-electron chi connectivity index (χ2n) is 6.26. The highest BCUT2D eigenvalue weighted by atomic mass is 16.6. The fraction of sp³-hybridized carbons (Fsp3) is 0.0476. The number of hydrogen-bond acceptors (Lipinski definition) is 7. The normalized spacial score (nSPS) is 10.6. The standard InChI is InChI=1S/C21H16N4O6/c26-21(19-6-1-2-7-20(19)25(29)30)23-22-13-16-4-3-5-18(12-16)31-14-15-8-10-17(11-9-15)24(27)28/h1-13H,14H2,(H,23,26)/b22-13-. The number of nitrogens with one attached hydrogen (secondary N) is 1. The van der Waals surface area contributed by atoms with Gasteiger partial charge in [-0.2, -0.15) is 5.10 Å². The number of hydrogen-bond donors (Lipinski definition) is 1. The van der Waals surface area contributed by atoms with E-state index in [4.69, 9.17) is 4.74 Å². The van der Waals surface area contributed by atoms with Crippen LogP contribution in [0.1, 0.15) is 21.5 Å². The predicted molar refractivity (Wildman–Crippen MR) is 112 cm³/mol. The molecule has 0 aromatic heterocycles. The first-order valence-electron chi connectivity index (χ1n) is 8.97. The zero-order valence-corrected chi connectivity index (χ0v) is 16.0. The van der Waals surface area contributed by atoms with Crippen molar-refractivity contribution in [3.63, 3.8) is 0 Å². The third-order valence-electron chi connectivity index (χ3n) is 4.14. The highest BCUT2D eigenvalue weighted by Gasteiger charge is 2.18. The fourth-order valence-electron chi connectivity index (χ4n) is 2.62. The number of nitro benzene ring substituents is 2. The van der Waals surface area contributed by atoms with E-state index < -0.39 is 15.8 Å². The largest absolute Gasteiger partial charge is 0.489 e. The molecule has 0 unspecified atom stereocenters. The molecule has 0 aliphatic rings. The van der Waals surface area contributed by atoms with Gasteiger partial charge in [0.05, 0.1) is 16.1 Å². The number of benzene rings is 3. The van der Waals surface area contributed by atoms with Crippen molar-refractivity contribution < 1.29 is 19.4 Å². The lowest BCUT2D eigenvalue weighted by molar-refractivity contribution is -0.385. The summed E-state index contributed by atoms with van der Waals surface area (Å²) in [6.45, 7) is 0.215. The molecule has 0 spiro atoms. The molecule has 0 radical (unpaired) electrons. The van der Waals surface area contributed by atoms with Crippen molar-refractivity contribution in [1.29, 1.82) is 0 Å². The van der Waals surface area contributed by atoms with Gasteiger partial charge in [-0.25, -0.2) is 5.43 Å². The average Bonchev–Trinajstić information content (AvgIpc) is 2.78. The van der Waals surface area contributed by atoms with Crippen LogP contribution in [0, 0.1) is 20.2 Å². The van der Waals surface area contributed by atoms with E-state index in [0.717, 1.165) is 5.56 Å². The van der Waals surface area contributed by atoms with Gasteiger partial charge in [-0.15, -0.1) is 0 Å². The van der Waals surface area contributed by atoms with Crippen molar-refractivity contribution >= 4 is 23.5 Å². The van der Waals surface area contributed by atoms with Crippen molar-refractivity contribution in [2.24, 2.45) is 5.10 Å². The molecule has 0 saturated carbocycles. The number of nitrogens with zero attached hydrogens (tertiary/aromatic N) is 3. The van der Waals surface area contributed by atoms with Gasteiger partial charge in [0, 0.05) is 18.2 Å². The van der Waals surface area contributed by atoms with Crippen LogP contribution < -0.4 is 10.2 Å². The minimum atomic E-state index is -0.700. The number of para-hydroxylation sites is 1. The molecule has 0 bridgehead atoms. The van der Waals surface area contributed by atoms with E-state index in [9.17, 15) is 25.0 Å². The Kier molecular flexibility index (Phi) is 6.64. The molecule has 0 fully saturated rings. The van der Waals surface area contributed by atoms with Gasteiger partial charge in [-0.1, -0.05) is 24.3 Å². The summed E-state index contributed by atoms with van der Waals surface area (Å²) in [6.07, 6.45) is 1.38. The molecule has 3 aromatic carbocycles. The van der Waals surface area contributed by atoms with Gasteiger partial charge in [0.1, 0.15) is 17.9 Å². The second-order valence-corrected chi connectivity index (χ2v) is 6.26. The lowest BCUT2D eigenvalue weighted by Crippen LogP contribution is -2.18. The van der Waals surface area contributed by atoms with Crippen LogP contribution in [0.25, 0.3) is 0 Å². The fourth-order valence-corrected chi connectivity index (χ4v) is 2.62. The van der Waals surface area contributed by atoms with E-state index in [2.05, 4.69) is 10.5 Å². The van der Waals surface area contributed by atoms with Gasteiger partial charge in [0.2, 0.25) is 0 Å². The molecule has 10 nitrogen and oxygen atoms in total. The molecule has 3 aromatic rings. The number of hydrazone groups is 1. The maximum Gasteiger partial charge on any atom is 0.282 e. The van der Waals surface area contributed by atoms with E-state index in [-0.39, 0.29) is 23.5 Å². The number of nitro groups is 2. The monoisotopic (exact) mass is 420 g/mol. The summed E-state index contributed by atoms with van der Waals surface area (Å²) in [5.74, 6) is -0.165. The highest BCUT2D eigenvalue weighted by molar-refractivity contribution is 5.98. The van der Waals surface area contributed by atoms with Crippen molar-refractivity contribution in [2.75, 3.05) is 0 Å². The van der Waals surface area contributed by atoms with Crippen LogP contribution >= 0.6 is 0 Å². The van der Waals surface area contributed by atoms with Gasteiger partial charge < -0.3 is 4.74 Å². The van der Waals surface area contributed by atoms with Gasteiger partial charge in [0.15, 0.2) is 0 Å². The van der Waals surface area contributed by atoms with Crippen molar-refractivity contribution in [1.82, 2.24) is 5.43 Å².